The van der Waals surface area contributed by atoms with Crippen LogP contribution >= 0.6 is 23.1 Å². The predicted molar refractivity (Wildman–Crippen MR) is 109 cm³/mol. The highest BCUT2D eigenvalue weighted by Crippen LogP contribution is 2.34. The van der Waals surface area contributed by atoms with Gasteiger partial charge >= 0.3 is 0 Å². The first-order valence-electron chi connectivity index (χ1n) is 9.60. The first kappa shape index (κ1) is 19.4. The van der Waals surface area contributed by atoms with E-state index < -0.39 is 0 Å². The number of aryl methyl sites for hydroxylation is 2. The Morgan fingerprint density at radius 2 is 2.08 bits per heavy atom. The molecule has 0 spiro atoms. The second-order valence-corrected chi connectivity index (χ2v) is 8.72. The number of rotatable bonds is 8. The molecule has 0 aliphatic heterocycles. The van der Waals surface area contributed by atoms with Crippen LogP contribution in [0.3, 0.4) is 0 Å². The van der Waals surface area contributed by atoms with Crippen LogP contribution in [0, 0.1) is 0 Å². The van der Waals surface area contributed by atoms with Crippen LogP contribution in [-0.4, -0.2) is 27.8 Å². The van der Waals surface area contributed by atoms with E-state index in [1.54, 1.807) is 11.3 Å². The number of fused-ring (bicyclic) bond motifs is 3. The lowest BCUT2D eigenvalue weighted by atomic mass is 9.97. The van der Waals surface area contributed by atoms with E-state index in [-0.39, 0.29) is 11.5 Å². The molecular formula is C19H27N3O2S2. The summed E-state index contributed by atoms with van der Waals surface area (Å²) in [6.45, 7) is 5.36. The van der Waals surface area contributed by atoms with Gasteiger partial charge in [-0.3, -0.25) is 14.2 Å². The molecule has 0 fully saturated rings. The second kappa shape index (κ2) is 9.04. The summed E-state index contributed by atoms with van der Waals surface area (Å²) < 4.78 is 1.81. The van der Waals surface area contributed by atoms with Gasteiger partial charge in [0, 0.05) is 18.0 Å². The normalized spacial score (nSPS) is 13.8. The van der Waals surface area contributed by atoms with Crippen LogP contribution in [0.15, 0.2) is 9.95 Å². The molecule has 1 aliphatic rings. The Hall–Kier alpha value is -1.34. The summed E-state index contributed by atoms with van der Waals surface area (Å²) >= 11 is 3.05. The van der Waals surface area contributed by atoms with E-state index >= 15 is 0 Å². The molecule has 5 nitrogen and oxygen atoms in total. The highest BCUT2D eigenvalue weighted by atomic mass is 32.2. The summed E-state index contributed by atoms with van der Waals surface area (Å²) in [6, 6.07) is 0. The molecule has 142 valence electrons. The van der Waals surface area contributed by atoms with E-state index in [0.29, 0.717) is 24.0 Å². The van der Waals surface area contributed by atoms with Gasteiger partial charge < -0.3 is 5.32 Å². The first-order valence-corrected chi connectivity index (χ1v) is 11.4. The summed E-state index contributed by atoms with van der Waals surface area (Å²) in [5, 5.41) is 4.33. The number of unbranched alkanes of at least 4 members (excludes halogenated alkanes) is 2. The molecule has 0 unspecified atom stereocenters. The summed E-state index contributed by atoms with van der Waals surface area (Å²) in [5.41, 5.74) is 1.32. The van der Waals surface area contributed by atoms with Gasteiger partial charge in [-0.05, 0) is 44.6 Å². The maximum atomic E-state index is 13.3. The zero-order valence-electron chi connectivity index (χ0n) is 15.6. The predicted octanol–water partition coefficient (Wildman–Crippen LogP) is 3.76. The molecule has 2 heterocycles. The van der Waals surface area contributed by atoms with Crippen LogP contribution in [0.4, 0.5) is 0 Å². The molecule has 26 heavy (non-hydrogen) atoms. The number of thiophene rings is 1. The average molecular weight is 394 g/mol. The van der Waals surface area contributed by atoms with Gasteiger partial charge in [-0.2, -0.15) is 0 Å². The van der Waals surface area contributed by atoms with Gasteiger partial charge in [-0.1, -0.05) is 31.5 Å². The summed E-state index contributed by atoms with van der Waals surface area (Å²) in [6.07, 6.45) is 7.57. The monoisotopic (exact) mass is 393 g/mol. The fourth-order valence-electron chi connectivity index (χ4n) is 3.43. The Bertz CT molecular complexity index is 841. The Morgan fingerprint density at radius 3 is 2.85 bits per heavy atom. The van der Waals surface area contributed by atoms with Crippen molar-refractivity contribution in [2.75, 3.05) is 12.3 Å². The van der Waals surface area contributed by atoms with Crippen LogP contribution < -0.4 is 10.9 Å². The first-order chi connectivity index (χ1) is 12.7. The molecule has 1 N–H and O–H groups in total. The minimum atomic E-state index is -0.0163. The number of hydrogen-bond donors (Lipinski definition) is 1. The number of nitrogens with zero attached hydrogens (tertiary/aromatic N) is 2. The molecular weight excluding hydrogens is 366 g/mol. The molecule has 0 bridgehead atoms. The third-order valence-corrected chi connectivity index (χ3v) is 6.89. The molecule has 1 aliphatic carbocycles. The van der Waals surface area contributed by atoms with Crippen molar-refractivity contribution in [3.63, 3.8) is 0 Å². The number of hydrogen-bond acceptors (Lipinski definition) is 5. The zero-order chi connectivity index (χ0) is 18.5. The van der Waals surface area contributed by atoms with Crippen molar-refractivity contribution >= 4 is 39.2 Å². The average Bonchev–Trinajstić information content (AvgIpc) is 3.01. The lowest BCUT2D eigenvalue weighted by Crippen LogP contribution is -2.27. The molecule has 0 aromatic carbocycles. The number of nitrogens with one attached hydrogen (secondary N) is 1. The van der Waals surface area contributed by atoms with Crippen LogP contribution in [0.2, 0.25) is 0 Å². The van der Waals surface area contributed by atoms with E-state index in [1.807, 2.05) is 11.5 Å². The number of aromatic nitrogens is 2. The number of carbonyl (C=O) groups excluding carboxylic acids is 1. The minimum Gasteiger partial charge on any atom is -0.356 e. The third kappa shape index (κ3) is 4.14. The van der Waals surface area contributed by atoms with Crippen molar-refractivity contribution < 1.29 is 4.79 Å². The lowest BCUT2D eigenvalue weighted by Gasteiger charge is -2.13. The lowest BCUT2D eigenvalue weighted by molar-refractivity contribution is -0.118. The molecule has 7 heteroatoms. The summed E-state index contributed by atoms with van der Waals surface area (Å²) in [5.74, 6) is 0.280. The van der Waals surface area contributed by atoms with E-state index in [2.05, 4.69) is 12.2 Å². The minimum absolute atomic E-state index is 0.0163. The van der Waals surface area contributed by atoms with Gasteiger partial charge in [0.25, 0.3) is 5.56 Å². The van der Waals surface area contributed by atoms with Crippen molar-refractivity contribution in [2.24, 2.45) is 0 Å². The fourth-order valence-corrected chi connectivity index (χ4v) is 5.58. The van der Waals surface area contributed by atoms with E-state index in [0.717, 1.165) is 48.7 Å². The molecule has 0 saturated heterocycles. The molecule has 3 rings (SSSR count). The largest absolute Gasteiger partial charge is 0.356 e. The standard InChI is InChI=1S/C19H27N3O2S2/c1-3-5-8-11-22-18(24)16-13-9-6-7-10-14(13)26-17(16)21-19(22)25-12-15(23)20-4-2/h3-12H2,1-2H3,(H,20,23). The smallest absolute Gasteiger partial charge is 0.263 e. The zero-order valence-corrected chi connectivity index (χ0v) is 17.2. The Kier molecular flexibility index (Phi) is 6.75. The van der Waals surface area contributed by atoms with Gasteiger partial charge in [0.1, 0.15) is 4.83 Å². The molecule has 2 aromatic heterocycles. The molecule has 0 saturated carbocycles. The van der Waals surface area contributed by atoms with Crippen molar-refractivity contribution in [2.45, 2.75) is 70.5 Å². The van der Waals surface area contributed by atoms with Gasteiger partial charge in [0.15, 0.2) is 5.16 Å². The van der Waals surface area contributed by atoms with Crippen molar-refractivity contribution in [1.29, 1.82) is 0 Å². The Morgan fingerprint density at radius 1 is 1.27 bits per heavy atom. The van der Waals surface area contributed by atoms with E-state index in [1.165, 1.54) is 28.6 Å². The van der Waals surface area contributed by atoms with E-state index in [9.17, 15) is 9.59 Å². The van der Waals surface area contributed by atoms with Gasteiger partial charge in [-0.15, -0.1) is 11.3 Å². The van der Waals surface area contributed by atoms with Crippen molar-refractivity contribution in [1.82, 2.24) is 14.9 Å². The van der Waals surface area contributed by atoms with Crippen LogP contribution in [0.25, 0.3) is 10.2 Å². The van der Waals surface area contributed by atoms with Crippen LogP contribution in [-0.2, 0) is 24.2 Å². The number of thioether (sulfide) groups is 1. The van der Waals surface area contributed by atoms with Crippen molar-refractivity contribution in [3.05, 3.63) is 20.8 Å². The van der Waals surface area contributed by atoms with Gasteiger partial charge in [-0.25, -0.2) is 4.98 Å². The third-order valence-electron chi connectivity index (χ3n) is 4.73. The number of amides is 1. The summed E-state index contributed by atoms with van der Waals surface area (Å²) in [7, 11) is 0. The second-order valence-electron chi connectivity index (χ2n) is 6.69. The van der Waals surface area contributed by atoms with Crippen LogP contribution in [0.1, 0.15) is 56.4 Å². The van der Waals surface area contributed by atoms with Gasteiger partial charge in [0.05, 0.1) is 11.1 Å². The summed E-state index contributed by atoms with van der Waals surface area (Å²) in [4.78, 5) is 32.1. The maximum absolute atomic E-state index is 13.3. The Labute approximate surface area is 162 Å². The van der Waals surface area contributed by atoms with Crippen LogP contribution in [0.5, 0.6) is 0 Å². The molecule has 2 aromatic rings. The molecule has 0 atom stereocenters. The maximum Gasteiger partial charge on any atom is 0.263 e. The molecule has 0 radical (unpaired) electrons. The van der Waals surface area contributed by atoms with Gasteiger partial charge in [0.2, 0.25) is 5.91 Å². The molecule has 1 amide bonds. The van der Waals surface area contributed by atoms with E-state index in [4.69, 9.17) is 4.98 Å². The quantitative estimate of drug-likeness (QED) is 0.421. The Balaban J connectivity index is 1.98. The number of carbonyl (C=O) groups is 1. The SMILES string of the molecule is CCCCCn1c(SCC(=O)NCC)nc2sc3c(c2c1=O)CCCC3. The topological polar surface area (TPSA) is 64.0 Å². The fraction of sp³-hybridized carbons (Fsp3) is 0.632. The highest BCUT2D eigenvalue weighted by Gasteiger charge is 2.22. The highest BCUT2D eigenvalue weighted by molar-refractivity contribution is 7.99. The van der Waals surface area contributed by atoms with Crippen molar-refractivity contribution in [3.8, 4) is 0 Å².